The third-order valence-electron chi connectivity index (χ3n) is 4.06. The SMILES string of the molecule is COc1ccc(CNC(=O)N2CC3CCC2CN3)nc1. The summed E-state index contributed by atoms with van der Waals surface area (Å²) in [6, 6.07) is 4.53. The zero-order chi connectivity index (χ0) is 13.9. The van der Waals surface area contributed by atoms with E-state index in [0.29, 0.717) is 18.6 Å². The summed E-state index contributed by atoms with van der Waals surface area (Å²) in [6.45, 7) is 2.18. The normalized spacial score (nSPS) is 24.6. The number of amides is 2. The highest BCUT2D eigenvalue weighted by Crippen LogP contribution is 2.22. The Bertz CT molecular complexity index is 469. The van der Waals surface area contributed by atoms with Crippen LogP contribution in [0.15, 0.2) is 18.3 Å². The van der Waals surface area contributed by atoms with Crippen LogP contribution in [-0.4, -0.2) is 48.2 Å². The van der Waals surface area contributed by atoms with Crippen molar-refractivity contribution in [1.29, 1.82) is 0 Å². The van der Waals surface area contributed by atoms with Crippen molar-refractivity contribution in [3.05, 3.63) is 24.0 Å². The number of hydrogen-bond acceptors (Lipinski definition) is 4. The van der Waals surface area contributed by atoms with E-state index in [1.807, 2.05) is 17.0 Å². The van der Waals surface area contributed by atoms with Gasteiger partial charge in [0.05, 0.1) is 25.5 Å². The number of ether oxygens (including phenoxy) is 1. The fraction of sp³-hybridized carbons (Fsp3) is 0.571. The van der Waals surface area contributed by atoms with E-state index in [2.05, 4.69) is 15.6 Å². The Morgan fingerprint density at radius 1 is 1.55 bits per heavy atom. The third kappa shape index (κ3) is 2.70. The minimum atomic E-state index is 0.0128. The Kier molecular flexibility index (Phi) is 3.73. The molecule has 0 saturated carbocycles. The molecule has 0 radical (unpaired) electrons. The molecule has 20 heavy (non-hydrogen) atoms. The lowest BCUT2D eigenvalue weighted by molar-refractivity contribution is 0.0976. The predicted molar refractivity (Wildman–Crippen MR) is 74.5 cm³/mol. The van der Waals surface area contributed by atoms with Crippen LogP contribution in [-0.2, 0) is 6.54 Å². The fourth-order valence-electron chi connectivity index (χ4n) is 2.86. The van der Waals surface area contributed by atoms with Gasteiger partial charge in [0.15, 0.2) is 0 Å². The van der Waals surface area contributed by atoms with Gasteiger partial charge in [-0.25, -0.2) is 4.79 Å². The van der Waals surface area contributed by atoms with Crippen molar-refractivity contribution < 1.29 is 9.53 Å². The molecular weight excluding hydrogens is 256 g/mol. The lowest BCUT2D eigenvalue weighted by Crippen LogP contribution is -2.64. The van der Waals surface area contributed by atoms with Crippen LogP contribution in [0.1, 0.15) is 18.5 Å². The molecule has 0 aliphatic carbocycles. The molecule has 2 atom stereocenters. The van der Waals surface area contributed by atoms with Gasteiger partial charge in [0, 0.05) is 25.2 Å². The first kappa shape index (κ1) is 13.2. The average Bonchev–Trinajstić information content (AvgIpc) is 2.54. The maximum Gasteiger partial charge on any atom is 0.318 e. The van der Waals surface area contributed by atoms with Gasteiger partial charge in [0.25, 0.3) is 0 Å². The van der Waals surface area contributed by atoms with Crippen LogP contribution >= 0.6 is 0 Å². The number of nitrogens with one attached hydrogen (secondary N) is 2. The number of piperidine rings is 2. The first-order valence-corrected chi connectivity index (χ1v) is 7.03. The van der Waals surface area contributed by atoms with Crippen molar-refractivity contribution in [3.8, 4) is 5.75 Å². The van der Waals surface area contributed by atoms with Crippen LogP contribution in [0.5, 0.6) is 5.75 Å². The molecule has 4 rings (SSSR count). The van der Waals surface area contributed by atoms with Crippen molar-refractivity contribution >= 4 is 6.03 Å². The molecule has 108 valence electrons. The van der Waals surface area contributed by atoms with Gasteiger partial charge in [-0.3, -0.25) is 4.98 Å². The van der Waals surface area contributed by atoms with Crippen molar-refractivity contribution in [2.45, 2.75) is 31.5 Å². The van der Waals surface area contributed by atoms with Gasteiger partial charge < -0.3 is 20.3 Å². The molecule has 0 aromatic carbocycles. The summed E-state index contributed by atoms with van der Waals surface area (Å²) < 4.78 is 5.06. The molecule has 6 heteroatoms. The molecule has 1 aromatic heterocycles. The Morgan fingerprint density at radius 3 is 3.00 bits per heavy atom. The third-order valence-corrected chi connectivity index (χ3v) is 4.06. The van der Waals surface area contributed by atoms with Crippen LogP contribution in [0.2, 0.25) is 0 Å². The van der Waals surface area contributed by atoms with E-state index in [4.69, 9.17) is 4.74 Å². The minimum Gasteiger partial charge on any atom is -0.495 e. The molecular formula is C14H20N4O2. The quantitative estimate of drug-likeness (QED) is 0.854. The van der Waals surface area contributed by atoms with E-state index < -0.39 is 0 Å². The molecule has 0 spiro atoms. The van der Waals surface area contributed by atoms with E-state index in [9.17, 15) is 4.79 Å². The smallest absolute Gasteiger partial charge is 0.318 e. The Balaban J connectivity index is 1.53. The largest absolute Gasteiger partial charge is 0.495 e. The number of nitrogens with zero attached hydrogens (tertiary/aromatic N) is 2. The first-order valence-electron chi connectivity index (χ1n) is 7.03. The summed E-state index contributed by atoms with van der Waals surface area (Å²) in [5, 5.41) is 6.39. The van der Waals surface area contributed by atoms with E-state index in [1.54, 1.807) is 13.3 Å². The second kappa shape index (κ2) is 5.66. The molecule has 3 fully saturated rings. The summed E-state index contributed by atoms with van der Waals surface area (Å²) in [5.41, 5.74) is 0.833. The molecule has 2 amide bonds. The Hall–Kier alpha value is -1.82. The average molecular weight is 276 g/mol. The monoisotopic (exact) mass is 276 g/mol. The number of fused-ring (bicyclic) bond motifs is 3. The highest BCUT2D eigenvalue weighted by atomic mass is 16.5. The zero-order valence-corrected chi connectivity index (χ0v) is 11.6. The van der Waals surface area contributed by atoms with Gasteiger partial charge in [-0.1, -0.05) is 0 Å². The maximum atomic E-state index is 12.2. The van der Waals surface area contributed by atoms with Gasteiger partial charge in [-0.05, 0) is 25.0 Å². The minimum absolute atomic E-state index is 0.0128. The van der Waals surface area contributed by atoms with Crippen molar-refractivity contribution in [3.63, 3.8) is 0 Å². The summed E-state index contributed by atoms with van der Waals surface area (Å²) in [4.78, 5) is 18.4. The second-order valence-electron chi connectivity index (χ2n) is 5.34. The number of hydrogen-bond donors (Lipinski definition) is 2. The Labute approximate surface area is 118 Å². The molecule has 2 unspecified atom stereocenters. The number of aromatic nitrogens is 1. The van der Waals surface area contributed by atoms with Crippen LogP contribution in [0.4, 0.5) is 4.79 Å². The van der Waals surface area contributed by atoms with Gasteiger partial charge in [-0.2, -0.15) is 0 Å². The summed E-state index contributed by atoms with van der Waals surface area (Å²) in [7, 11) is 1.61. The summed E-state index contributed by atoms with van der Waals surface area (Å²) in [6.07, 6.45) is 3.94. The van der Waals surface area contributed by atoms with Crippen LogP contribution in [0.25, 0.3) is 0 Å². The van der Waals surface area contributed by atoms with Crippen LogP contribution in [0.3, 0.4) is 0 Å². The van der Waals surface area contributed by atoms with Crippen molar-refractivity contribution in [2.24, 2.45) is 0 Å². The maximum absolute atomic E-state index is 12.2. The second-order valence-corrected chi connectivity index (χ2v) is 5.34. The molecule has 6 nitrogen and oxygen atoms in total. The van der Waals surface area contributed by atoms with Crippen LogP contribution in [0, 0.1) is 0 Å². The number of carbonyl (C=O) groups is 1. The predicted octanol–water partition coefficient (Wildman–Crippen LogP) is 0.736. The van der Waals surface area contributed by atoms with Gasteiger partial charge >= 0.3 is 6.03 Å². The van der Waals surface area contributed by atoms with E-state index >= 15 is 0 Å². The summed E-state index contributed by atoms with van der Waals surface area (Å²) in [5.74, 6) is 0.722. The zero-order valence-electron chi connectivity index (χ0n) is 11.6. The number of piperazine rings is 1. The highest BCUT2D eigenvalue weighted by Gasteiger charge is 2.35. The number of carbonyl (C=O) groups excluding carboxylic acids is 1. The van der Waals surface area contributed by atoms with Crippen molar-refractivity contribution in [1.82, 2.24) is 20.5 Å². The first-order chi connectivity index (χ1) is 9.76. The van der Waals surface area contributed by atoms with E-state index in [1.165, 1.54) is 6.42 Å². The number of rotatable bonds is 3. The standard InChI is InChI=1S/C14H20N4O2/c1-20-13-5-3-10(16-8-13)6-17-14(19)18-9-11-2-4-12(18)7-15-11/h3,5,8,11-12,15H,2,4,6-7,9H2,1H3,(H,17,19). The highest BCUT2D eigenvalue weighted by molar-refractivity contribution is 5.74. The number of pyridine rings is 1. The number of methoxy groups -OCH3 is 1. The van der Waals surface area contributed by atoms with Gasteiger partial charge in [-0.15, -0.1) is 0 Å². The molecule has 3 saturated heterocycles. The molecule has 2 bridgehead atoms. The van der Waals surface area contributed by atoms with E-state index in [-0.39, 0.29) is 6.03 Å². The lowest BCUT2D eigenvalue weighted by atomic mass is 9.93. The summed E-state index contributed by atoms with van der Waals surface area (Å²) >= 11 is 0. The van der Waals surface area contributed by atoms with E-state index in [0.717, 1.165) is 31.0 Å². The molecule has 3 aliphatic heterocycles. The van der Waals surface area contributed by atoms with Crippen LogP contribution < -0.4 is 15.4 Å². The van der Waals surface area contributed by atoms with Gasteiger partial charge in [0.2, 0.25) is 0 Å². The van der Waals surface area contributed by atoms with Gasteiger partial charge in [0.1, 0.15) is 5.75 Å². The molecule has 1 aromatic rings. The topological polar surface area (TPSA) is 66.5 Å². The molecule has 3 aliphatic rings. The van der Waals surface area contributed by atoms with Crippen molar-refractivity contribution in [2.75, 3.05) is 20.2 Å². The lowest BCUT2D eigenvalue weighted by Gasteiger charge is -2.45. The molecule has 4 heterocycles. The Morgan fingerprint density at radius 2 is 2.45 bits per heavy atom. The number of urea groups is 1. The molecule has 2 N–H and O–H groups in total. The fourth-order valence-corrected chi connectivity index (χ4v) is 2.86.